The molecule has 2 amide bonds. The van der Waals surface area contributed by atoms with Crippen molar-refractivity contribution in [3.05, 3.63) is 89.2 Å². The van der Waals surface area contributed by atoms with Crippen molar-refractivity contribution in [2.45, 2.75) is 13.5 Å². The summed E-state index contributed by atoms with van der Waals surface area (Å²) in [5, 5.41) is 6.48. The van der Waals surface area contributed by atoms with Crippen LogP contribution in [-0.4, -0.2) is 21.8 Å². The molecule has 32 heavy (non-hydrogen) atoms. The van der Waals surface area contributed by atoms with E-state index < -0.39 is 0 Å². The molecular formula is C24H22N6O2. The van der Waals surface area contributed by atoms with Gasteiger partial charge in [0.1, 0.15) is 5.82 Å². The number of rotatable bonds is 5. The summed E-state index contributed by atoms with van der Waals surface area (Å²) in [5.74, 6) is -0.138. The lowest BCUT2D eigenvalue weighted by Crippen LogP contribution is -2.23. The molecule has 0 radical (unpaired) electrons. The van der Waals surface area contributed by atoms with E-state index in [-0.39, 0.29) is 11.8 Å². The quantitative estimate of drug-likeness (QED) is 0.387. The molecule has 0 spiro atoms. The van der Waals surface area contributed by atoms with Crippen molar-refractivity contribution >= 4 is 39.9 Å². The zero-order chi connectivity index (χ0) is 22.7. The minimum Gasteiger partial charge on any atom is -0.398 e. The third kappa shape index (κ3) is 4.65. The monoisotopic (exact) mass is 426 g/mol. The predicted molar refractivity (Wildman–Crippen MR) is 125 cm³/mol. The zero-order valence-electron chi connectivity index (χ0n) is 17.4. The Hall–Kier alpha value is -4.46. The fourth-order valence-electron chi connectivity index (χ4n) is 3.27. The molecule has 160 valence electrons. The van der Waals surface area contributed by atoms with Crippen molar-refractivity contribution < 1.29 is 9.59 Å². The van der Waals surface area contributed by atoms with Crippen LogP contribution in [0.25, 0.3) is 10.9 Å². The molecule has 0 aliphatic rings. The van der Waals surface area contributed by atoms with Gasteiger partial charge in [-0.05, 0) is 61.0 Å². The smallest absolute Gasteiger partial charge is 0.255 e. The second kappa shape index (κ2) is 8.73. The molecule has 8 heteroatoms. The predicted octanol–water partition coefficient (Wildman–Crippen LogP) is 3.28. The van der Waals surface area contributed by atoms with E-state index in [1.165, 1.54) is 6.20 Å². The van der Waals surface area contributed by atoms with Crippen LogP contribution in [-0.2, 0) is 6.54 Å². The van der Waals surface area contributed by atoms with Gasteiger partial charge in [-0.2, -0.15) is 0 Å². The first kappa shape index (κ1) is 20.8. The summed E-state index contributed by atoms with van der Waals surface area (Å²) in [6.45, 7) is 2.21. The van der Waals surface area contributed by atoms with Gasteiger partial charge in [0, 0.05) is 40.8 Å². The van der Waals surface area contributed by atoms with Crippen molar-refractivity contribution in [2.75, 3.05) is 16.8 Å². The van der Waals surface area contributed by atoms with Crippen LogP contribution < -0.4 is 22.1 Å². The number of anilines is 3. The van der Waals surface area contributed by atoms with Gasteiger partial charge < -0.3 is 22.1 Å². The number of carbonyl (C=O) groups is 2. The number of nitrogens with two attached hydrogens (primary N) is 2. The van der Waals surface area contributed by atoms with Crippen molar-refractivity contribution in [3.63, 3.8) is 0 Å². The number of nitrogen functional groups attached to an aromatic ring is 2. The van der Waals surface area contributed by atoms with Crippen molar-refractivity contribution in [3.8, 4) is 0 Å². The molecular weight excluding hydrogens is 404 g/mol. The minimum absolute atomic E-state index is 0.244. The van der Waals surface area contributed by atoms with E-state index in [1.54, 1.807) is 48.5 Å². The molecule has 0 aliphatic carbocycles. The van der Waals surface area contributed by atoms with Gasteiger partial charge in [0.15, 0.2) is 0 Å². The first-order valence-corrected chi connectivity index (χ1v) is 9.96. The van der Waals surface area contributed by atoms with Gasteiger partial charge in [0.2, 0.25) is 0 Å². The Labute approximate surface area is 184 Å². The summed E-state index contributed by atoms with van der Waals surface area (Å²) in [6, 6.07) is 17.4. The van der Waals surface area contributed by atoms with Gasteiger partial charge in [-0.15, -0.1) is 0 Å². The number of pyridine rings is 2. The molecule has 6 N–H and O–H groups in total. The summed E-state index contributed by atoms with van der Waals surface area (Å²) >= 11 is 0. The number of fused-ring (bicyclic) bond motifs is 1. The van der Waals surface area contributed by atoms with E-state index in [0.717, 1.165) is 22.2 Å². The second-order valence-electron chi connectivity index (χ2n) is 7.39. The van der Waals surface area contributed by atoms with E-state index in [2.05, 4.69) is 20.6 Å². The Morgan fingerprint density at radius 1 is 0.906 bits per heavy atom. The number of hydrogen-bond acceptors (Lipinski definition) is 6. The van der Waals surface area contributed by atoms with Crippen LogP contribution in [0.5, 0.6) is 0 Å². The van der Waals surface area contributed by atoms with E-state index in [0.29, 0.717) is 34.9 Å². The number of benzene rings is 2. The summed E-state index contributed by atoms with van der Waals surface area (Å²) in [5.41, 5.74) is 16.3. The van der Waals surface area contributed by atoms with Gasteiger partial charge in [-0.3, -0.25) is 14.6 Å². The Bertz CT molecular complexity index is 1300. The molecule has 0 saturated heterocycles. The lowest BCUT2D eigenvalue weighted by molar-refractivity contribution is 0.0949. The van der Waals surface area contributed by atoms with Crippen LogP contribution in [0.1, 0.15) is 32.0 Å². The van der Waals surface area contributed by atoms with Crippen LogP contribution in [0.2, 0.25) is 0 Å². The second-order valence-corrected chi connectivity index (χ2v) is 7.39. The van der Waals surface area contributed by atoms with Crippen molar-refractivity contribution in [2.24, 2.45) is 0 Å². The lowest BCUT2D eigenvalue weighted by atomic mass is 10.1. The Morgan fingerprint density at radius 2 is 1.66 bits per heavy atom. The van der Waals surface area contributed by atoms with E-state index in [4.69, 9.17) is 11.5 Å². The topological polar surface area (TPSA) is 136 Å². The Kier molecular flexibility index (Phi) is 5.67. The highest BCUT2D eigenvalue weighted by molar-refractivity contribution is 6.05. The molecule has 2 aromatic heterocycles. The van der Waals surface area contributed by atoms with Crippen molar-refractivity contribution in [1.82, 2.24) is 15.3 Å². The number of hydrogen-bond donors (Lipinski definition) is 4. The van der Waals surface area contributed by atoms with E-state index >= 15 is 0 Å². The Morgan fingerprint density at radius 3 is 2.38 bits per heavy atom. The first-order chi connectivity index (χ1) is 15.4. The van der Waals surface area contributed by atoms with E-state index in [1.807, 2.05) is 19.1 Å². The fraction of sp³-hybridized carbons (Fsp3) is 0.0833. The average molecular weight is 426 g/mol. The van der Waals surface area contributed by atoms with Crippen LogP contribution in [0.3, 0.4) is 0 Å². The summed E-state index contributed by atoms with van der Waals surface area (Å²) < 4.78 is 0. The lowest BCUT2D eigenvalue weighted by Gasteiger charge is -2.09. The molecule has 2 aromatic carbocycles. The van der Waals surface area contributed by atoms with E-state index in [9.17, 15) is 9.59 Å². The summed E-state index contributed by atoms with van der Waals surface area (Å²) in [6.07, 6.45) is 1.43. The van der Waals surface area contributed by atoms with Crippen LogP contribution in [0.4, 0.5) is 17.2 Å². The number of carbonyl (C=O) groups excluding carboxylic acids is 2. The number of aromatic nitrogens is 2. The highest BCUT2D eigenvalue weighted by Gasteiger charge is 2.09. The molecule has 0 fully saturated rings. The highest BCUT2D eigenvalue weighted by Crippen LogP contribution is 2.24. The molecule has 4 rings (SSSR count). The average Bonchev–Trinajstić information content (AvgIpc) is 2.78. The third-order valence-electron chi connectivity index (χ3n) is 4.94. The van der Waals surface area contributed by atoms with Crippen LogP contribution in [0.15, 0.2) is 66.9 Å². The highest BCUT2D eigenvalue weighted by atomic mass is 16.2. The SMILES string of the molecule is Cc1cc(N)c2cc(NC(=O)c3ccc(CNC(=O)c4ccc(N)nc4)cc3)ccc2n1. The molecule has 2 heterocycles. The molecule has 8 nitrogen and oxygen atoms in total. The molecule has 0 saturated carbocycles. The minimum atomic E-state index is -0.250. The van der Waals surface area contributed by atoms with Gasteiger partial charge in [-0.1, -0.05) is 12.1 Å². The maximum atomic E-state index is 12.6. The van der Waals surface area contributed by atoms with Crippen LogP contribution >= 0.6 is 0 Å². The molecule has 0 bridgehead atoms. The first-order valence-electron chi connectivity index (χ1n) is 9.96. The summed E-state index contributed by atoms with van der Waals surface area (Å²) in [7, 11) is 0. The molecule has 4 aromatic rings. The van der Waals surface area contributed by atoms with Gasteiger partial charge in [0.05, 0.1) is 11.1 Å². The number of nitrogens with zero attached hydrogens (tertiary/aromatic N) is 2. The van der Waals surface area contributed by atoms with Gasteiger partial charge >= 0.3 is 0 Å². The fourth-order valence-corrected chi connectivity index (χ4v) is 3.27. The molecule has 0 atom stereocenters. The zero-order valence-corrected chi connectivity index (χ0v) is 17.4. The molecule has 0 unspecified atom stereocenters. The maximum Gasteiger partial charge on any atom is 0.255 e. The number of aryl methyl sites for hydroxylation is 1. The normalized spacial score (nSPS) is 10.7. The van der Waals surface area contributed by atoms with Gasteiger partial charge in [0.25, 0.3) is 11.8 Å². The van der Waals surface area contributed by atoms with Crippen molar-refractivity contribution in [1.29, 1.82) is 0 Å². The molecule has 0 aliphatic heterocycles. The summed E-state index contributed by atoms with van der Waals surface area (Å²) in [4.78, 5) is 33.2. The van der Waals surface area contributed by atoms with Gasteiger partial charge in [-0.25, -0.2) is 4.98 Å². The maximum absolute atomic E-state index is 12.6. The van der Waals surface area contributed by atoms with Crippen LogP contribution in [0, 0.1) is 6.92 Å². The number of nitrogens with one attached hydrogen (secondary N) is 2. The largest absolute Gasteiger partial charge is 0.398 e. The standard InChI is InChI=1S/C24H22N6O2/c1-14-10-20(25)19-11-18(7-8-21(19)29-14)30-24(32)16-4-2-15(3-5-16)12-28-23(31)17-6-9-22(26)27-13-17/h2-11,13H,12H2,1H3,(H2,25,29)(H2,26,27)(H,28,31)(H,30,32). The number of amides is 2. The Balaban J connectivity index is 1.39. The third-order valence-corrected chi connectivity index (χ3v) is 4.94.